The van der Waals surface area contributed by atoms with Gasteiger partial charge in [0, 0.05) is 29.3 Å². The lowest BCUT2D eigenvalue weighted by atomic mass is 9.87. The van der Waals surface area contributed by atoms with Crippen LogP contribution in [0.15, 0.2) is 22.9 Å². The molecule has 7 heteroatoms. The molecular weight excluding hydrogens is 322 g/mol. The minimum absolute atomic E-state index is 0.00998. The topological polar surface area (TPSA) is 72.7 Å². The quantitative estimate of drug-likeness (QED) is 0.778. The molecule has 1 N–H and O–H groups in total. The number of carbonyl (C=O) groups is 1. The van der Waals surface area contributed by atoms with Crippen molar-refractivity contribution in [3.05, 3.63) is 51.1 Å². The second-order valence-corrected chi connectivity index (χ2v) is 6.85. The summed E-state index contributed by atoms with van der Waals surface area (Å²) < 4.78 is 1.65. The van der Waals surface area contributed by atoms with Crippen LogP contribution in [-0.4, -0.2) is 25.7 Å². The summed E-state index contributed by atoms with van der Waals surface area (Å²) >= 11 is 1.64. The highest BCUT2D eigenvalue weighted by molar-refractivity contribution is 7.08. The van der Waals surface area contributed by atoms with Gasteiger partial charge in [-0.3, -0.25) is 4.79 Å². The molecule has 0 aliphatic carbocycles. The molecule has 122 valence electrons. The molecule has 0 spiro atoms. The molecule has 3 aromatic rings. The lowest BCUT2D eigenvalue weighted by Gasteiger charge is -2.23. The predicted molar refractivity (Wildman–Crippen MR) is 92.8 cm³/mol. The first-order chi connectivity index (χ1) is 11.5. The molecule has 0 saturated carbocycles. The molecule has 0 radical (unpaired) electrons. The molecule has 4 rings (SSSR count). The molecule has 1 aliphatic rings. The molecule has 4 heterocycles. The number of carbonyl (C=O) groups excluding carboxylic acids is 1. The van der Waals surface area contributed by atoms with E-state index in [1.54, 1.807) is 16.0 Å². The van der Waals surface area contributed by atoms with Gasteiger partial charge >= 0.3 is 0 Å². The van der Waals surface area contributed by atoms with Gasteiger partial charge in [-0.2, -0.15) is 21.1 Å². The van der Waals surface area contributed by atoms with Gasteiger partial charge in [-0.05, 0) is 49.2 Å². The lowest BCUT2D eigenvalue weighted by molar-refractivity contribution is -0.116. The fourth-order valence-corrected chi connectivity index (χ4v) is 3.97. The summed E-state index contributed by atoms with van der Waals surface area (Å²) in [5, 5.41) is 11.7. The Morgan fingerprint density at radius 1 is 1.25 bits per heavy atom. The average molecular weight is 339 g/mol. The summed E-state index contributed by atoms with van der Waals surface area (Å²) in [6.45, 7) is 5.82. The van der Waals surface area contributed by atoms with Crippen molar-refractivity contribution < 1.29 is 4.79 Å². The van der Waals surface area contributed by atoms with E-state index in [2.05, 4.69) is 31.8 Å². The Kier molecular flexibility index (Phi) is 3.45. The van der Waals surface area contributed by atoms with Crippen molar-refractivity contribution in [2.75, 3.05) is 5.32 Å². The Morgan fingerprint density at radius 2 is 2.00 bits per heavy atom. The van der Waals surface area contributed by atoms with Gasteiger partial charge in [-0.15, -0.1) is 0 Å². The van der Waals surface area contributed by atoms with Crippen molar-refractivity contribution in [2.45, 2.75) is 33.1 Å². The maximum Gasteiger partial charge on any atom is 0.252 e. The van der Waals surface area contributed by atoms with E-state index in [0.717, 1.165) is 28.2 Å². The molecule has 0 saturated heterocycles. The number of aryl methyl sites for hydroxylation is 3. The molecule has 0 unspecified atom stereocenters. The molecule has 3 aromatic heterocycles. The third kappa shape index (κ3) is 2.41. The van der Waals surface area contributed by atoms with Crippen LogP contribution < -0.4 is 5.32 Å². The minimum atomic E-state index is -0.00998. The van der Waals surface area contributed by atoms with Gasteiger partial charge in [-0.1, -0.05) is 0 Å². The third-order valence-corrected chi connectivity index (χ3v) is 4.91. The third-order valence-electron chi connectivity index (χ3n) is 4.21. The number of anilines is 1. The highest BCUT2D eigenvalue weighted by atomic mass is 32.1. The summed E-state index contributed by atoms with van der Waals surface area (Å²) in [6, 6.07) is 3.99. The molecule has 1 aliphatic heterocycles. The maximum atomic E-state index is 12.3. The van der Waals surface area contributed by atoms with Crippen LogP contribution in [0.2, 0.25) is 0 Å². The van der Waals surface area contributed by atoms with Crippen LogP contribution in [0.4, 0.5) is 5.82 Å². The maximum absolute atomic E-state index is 12.3. The molecule has 0 fully saturated rings. The summed E-state index contributed by atoms with van der Waals surface area (Å²) in [5.41, 5.74) is 4.84. The largest absolute Gasteiger partial charge is 0.310 e. The number of thiophene rings is 1. The standard InChI is InChI=1S/C17H17N5OS/c1-9-6-10(2)19-17(18-9)22-16-15(11(3)21-22)13(7-14(23)20-16)12-4-5-24-8-12/h4-6,8,13H,7H2,1-3H3,(H,20,23)/t13-/m1/s1. The van der Waals surface area contributed by atoms with Gasteiger partial charge in [0.25, 0.3) is 5.95 Å². The molecule has 0 bridgehead atoms. The van der Waals surface area contributed by atoms with Crippen LogP contribution in [0.1, 0.15) is 40.5 Å². The smallest absolute Gasteiger partial charge is 0.252 e. The van der Waals surface area contributed by atoms with E-state index in [-0.39, 0.29) is 11.8 Å². The first-order valence-corrected chi connectivity index (χ1v) is 8.71. The number of rotatable bonds is 2. The average Bonchev–Trinajstić information content (AvgIpc) is 3.14. The summed E-state index contributed by atoms with van der Waals surface area (Å²) in [4.78, 5) is 21.2. The summed E-state index contributed by atoms with van der Waals surface area (Å²) in [6.07, 6.45) is 0.434. The Balaban J connectivity index is 1.91. The number of hydrogen-bond acceptors (Lipinski definition) is 5. The summed E-state index contributed by atoms with van der Waals surface area (Å²) in [7, 11) is 0. The number of fused-ring (bicyclic) bond motifs is 1. The van der Waals surface area contributed by atoms with E-state index in [9.17, 15) is 4.79 Å². The van der Waals surface area contributed by atoms with E-state index in [0.29, 0.717) is 18.2 Å². The predicted octanol–water partition coefficient (Wildman–Crippen LogP) is 3.12. The van der Waals surface area contributed by atoms with Gasteiger partial charge in [0.1, 0.15) is 5.82 Å². The van der Waals surface area contributed by atoms with Crippen LogP contribution >= 0.6 is 11.3 Å². The van der Waals surface area contributed by atoms with Gasteiger partial charge in [0.2, 0.25) is 5.91 Å². The highest BCUT2D eigenvalue weighted by Gasteiger charge is 2.33. The zero-order valence-electron chi connectivity index (χ0n) is 13.7. The van der Waals surface area contributed by atoms with Crippen molar-refractivity contribution >= 4 is 23.1 Å². The Morgan fingerprint density at radius 3 is 2.67 bits per heavy atom. The monoisotopic (exact) mass is 339 g/mol. The SMILES string of the molecule is Cc1cc(C)nc(-n2nc(C)c3c2NC(=O)C[C@@H]3c2ccsc2)n1. The van der Waals surface area contributed by atoms with Crippen molar-refractivity contribution in [1.29, 1.82) is 0 Å². The molecule has 1 atom stereocenters. The molecular formula is C17H17N5OS. The molecule has 1 amide bonds. The van der Waals surface area contributed by atoms with Crippen LogP contribution in [0.25, 0.3) is 5.95 Å². The number of amides is 1. The Bertz CT molecular complexity index is 909. The zero-order valence-corrected chi connectivity index (χ0v) is 14.5. The number of nitrogens with one attached hydrogen (secondary N) is 1. The van der Waals surface area contributed by atoms with Crippen LogP contribution in [0.5, 0.6) is 0 Å². The van der Waals surface area contributed by atoms with Crippen molar-refractivity contribution in [1.82, 2.24) is 19.7 Å². The van der Waals surface area contributed by atoms with Gasteiger partial charge < -0.3 is 5.32 Å². The normalized spacial score (nSPS) is 16.8. The van der Waals surface area contributed by atoms with E-state index in [4.69, 9.17) is 0 Å². The highest BCUT2D eigenvalue weighted by Crippen LogP contribution is 2.40. The molecule has 24 heavy (non-hydrogen) atoms. The van der Waals surface area contributed by atoms with Crippen molar-refractivity contribution in [2.24, 2.45) is 0 Å². The van der Waals surface area contributed by atoms with E-state index in [1.807, 2.05) is 32.2 Å². The number of hydrogen-bond donors (Lipinski definition) is 1. The first-order valence-electron chi connectivity index (χ1n) is 7.77. The van der Waals surface area contributed by atoms with Crippen molar-refractivity contribution in [3.63, 3.8) is 0 Å². The zero-order chi connectivity index (χ0) is 16.8. The lowest BCUT2D eigenvalue weighted by Crippen LogP contribution is -2.25. The number of aromatic nitrogens is 4. The Labute approximate surface area is 143 Å². The second-order valence-electron chi connectivity index (χ2n) is 6.07. The van der Waals surface area contributed by atoms with Crippen LogP contribution in [-0.2, 0) is 4.79 Å². The fourth-order valence-electron chi connectivity index (χ4n) is 3.25. The van der Waals surface area contributed by atoms with E-state index >= 15 is 0 Å². The minimum Gasteiger partial charge on any atom is -0.310 e. The van der Waals surface area contributed by atoms with Crippen molar-refractivity contribution in [3.8, 4) is 5.95 Å². The van der Waals surface area contributed by atoms with Gasteiger partial charge in [0.05, 0.1) is 5.69 Å². The van der Waals surface area contributed by atoms with E-state index < -0.39 is 0 Å². The van der Waals surface area contributed by atoms with Crippen LogP contribution in [0, 0.1) is 20.8 Å². The second kappa shape index (κ2) is 5.52. The van der Waals surface area contributed by atoms with Gasteiger partial charge in [-0.25, -0.2) is 9.97 Å². The fraction of sp³-hybridized carbons (Fsp3) is 0.294. The van der Waals surface area contributed by atoms with Gasteiger partial charge in [0.15, 0.2) is 0 Å². The first kappa shape index (κ1) is 15.0. The number of nitrogens with zero attached hydrogens (tertiary/aromatic N) is 4. The van der Waals surface area contributed by atoms with E-state index in [1.165, 1.54) is 0 Å². The molecule has 0 aromatic carbocycles. The molecule has 6 nitrogen and oxygen atoms in total. The Hall–Kier alpha value is -2.54. The van der Waals surface area contributed by atoms with Crippen LogP contribution in [0.3, 0.4) is 0 Å². The summed E-state index contributed by atoms with van der Waals surface area (Å²) in [5.74, 6) is 1.19.